The molecule has 0 rings (SSSR count). The molecule has 74 valence electrons. The molecule has 0 aromatic rings. The summed E-state index contributed by atoms with van der Waals surface area (Å²) in [7, 11) is 1.12. The molecule has 0 radical (unpaired) electrons. The Kier molecular flexibility index (Phi) is 3.81. The van der Waals surface area contributed by atoms with Gasteiger partial charge in [0.05, 0.1) is 7.11 Å². The van der Waals surface area contributed by atoms with E-state index >= 15 is 0 Å². The lowest BCUT2D eigenvalue weighted by Gasteiger charge is -2.26. The topological polar surface area (TPSA) is 63.6 Å². The molecule has 0 aliphatic carbocycles. The second kappa shape index (κ2) is 4.18. The lowest BCUT2D eigenvalue weighted by atomic mass is 9.85. The Labute approximate surface area is 77.2 Å². The molecule has 2 atom stereocenters. The van der Waals surface area contributed by atoms with Crippen LogP contribution in [0.5, 0.6) is 0 Å². The van der Waals surface area contributed by atoms with Crippen LogP contribution in [-0.2, 0) is 14.3 Å². The lowest BCUT2D eigenvalue weighted by Crippen LogP contribution is -2.50. The zero-order valence-electron chi connectivity index (χ0n) is 8.03. The van der Waals surface area contributed by atoms with E-state index in [-0.39, 0.29) is 0 Å². The molecule has 0 unspecified atom stereocenters. The molecule has 0 fully saturated rings. The normalized spacial score (nSPS) is 16.9. The average Bonchev–Trinajstić information content (AvgIpc) is 2.13. The van der Waals surface area contributed by atoms with Crippen molar-refractivity contribution >= 4 is 11.8 Å². The highest BCUT2D eigenvalue weighted by molar-refractivity contribution is 6.06. The van der Waals surface area contributed by atoms with Crippen LogP contribution in [0.1, 0.15) is 13.8 Å². The molecule has 0 aliphatic heterocycles. The highest BCUT2D eigenvalue weighted by Crippen LogP contribution is 2.21. The number of esters is 1. The Balaban J connectivity index is 5.05. The first kappa shape index (κ1) is 11.8. The van der Waals surface area contributed by atoms with Crippen molar-refractivity contribution < 1.29 is 19.4 Å². The number of carbonyl (C=O) groups excluding carboxylic acids is 2. The fourth-order valence-electron chi connectivity index (χ4n) is 0.976. The second-order valence-corrected chi connectivity index (χ2v) is 2.84. The van der Waals surface area contributed by atoms with Crippen LogP contribution in [0.25, 0.3) is 0 Å². The van der Waals surface area contributed by atoms with Gasteiger partial charge < -0.3 is 9.84 Å². The maximum Gasteiger partial charge on any atom is 0.346 e. The van der Waals surface area contributed by atoms with E-state index in [2.05, 4.69) is 11.3 Å². The fraction of sp³-hybridized carbons (Fsp3) is 0.556. The van der Waals surface area contributed by atoms with Crippen molar-refractivity contribution in [2.24, 2.45) is 5.92 Å². The number of aliphatic hydroxyl groups is 1. The predicted octanol–water partition coefficient (Wildman–Crippen LogP) is 0.302. The van der Waals surface area contributed by atoms with Crippen molar-refractivity contribution in [1.82, 2.24) is 0 Å². The minimum atomic E-state index is -2.10. The van der Waals surface area contributed by atoms with Crippen LogP contribution in [-0.4, -0.2) is 29.6 Å². The van der Waals surface area contributed by atoms with Gasteiger partial charge in [-0.15, -0.1) is 6.58 Å². The summed E-state index contributed by atoms with van der Waals surface area (Å²) in [6, 6.07) is 0. The van der Waals surface area contributed by atoms with Gasteiger partial charge in [-0.2, -0.15) is 0 Å². The van der Waals surface area contributed by atoms with E-state index in [4.69, 9.17) is 0 Å². The Morgan fingerprint density at radius 3 is 2.31 bits per heavy atom. The van der Waals surface area contributed by atoms with E-state index in [0.29, 0.717) is 0 Å². The number of hydrogen-bond donors (Lipinski definition) is 1. The summed E-state index contributed by atoms with van der Waals surface area (Å²) in [6.07, 6.45) is 1.33. The van der Waals surface area contributed by atoms with Crippen LogP contribution < -0.4 is 0 Å². The molecule has 0 saturated heterocycles. The standard InChI is InChI=1S/C9H14O4/c1-5-6(2)9(12,7(3)10)8(11)13-4/h5-6,12H,1H2,2-4H3/t6-,9+/m0/s1. The average molecular weight is 186 g/mol. The molecule has 0 aromatic heterocycles. The highest BCUT2D eigenvalue weighted by atomic mass is 16.5. The van der Waals surface area contributed by atoms with Crippen LogP contribution >= 0.6 is 0 Å². The Morgan fingerprint density at radius 2 is 2.08 bits per heavy atom. The lowest BCUT2D eigenvalue weighted by molar-refractivity contribution is -0.171. The molecule has 0 heterocycles. The van der Waals surface area contributed by atoms with Gasteiger partial charge in [-0.3, -0.25) is 4.79 Å². The van der Waals surface area contributed by atoms with Crippen molar-refractivity contribution in [3.63, 3.8) is 0 Å². The van der Waals surface area contributed by atoms with Gasteiger partial charge in [-0.25, -0.2) is 4.79 Å². The fourth-order valence-corrected chi connectivity index (χ4v) is 0.976. The van der Waals surface area contributed by atoms with E-state index in [0.717, 1.165) is 14.0 Å². The van der Waals surface area contributed by atoms with Crippen molar-refractivity contribution in [2.45, 2.75) is 19.4 Å². The van der Waals surface area contributed by atoms with E-state index in [9.17, 15) is 14.7 Å². The molecule has 0 aliphatic rings. The van der Waals surface area contributed by atoms with Crippen molar-refractivity contribution in [3.05, 3.63) is 12.7 Å². The number of hydrogen-bond acceptors (Lipinski definition) is 4. The van der Waals surface area contributed by atoms with Gasteiger partial charge in [0.25, 0.3) is 0 Å². The summed E-state index contributed by atoms with van der Waals surface area (Å²) >= 11 is 0. The van der Waals surface area contributed by atoms with Gasteiger partial charge in [-0.05, 0) is 6.92 Å². The van der Waals surface area contributed by atoms with Gasteiger partial charge >= 0.3 is 5.97 Å². The zero-order chi connectivity index (χ0) is 10.6. The van der Waals surface area contributed by atoms with Gasteiger partial charge in [-0.1, -0.05) is 13.0 Å². The first-order chi connectivity index (χ1) is 5.91. The number of rotatable bonds is 4. The van der Waals surface area contributed by atoms with Crippen LogP contribution in [0, 0.1) is 5.92 Å². The summed E-state index contributed by atoms with van der Waals surface area (Å²) in [5, 5.41) is 9.73. The smallest absolute Gasteiger partial charge is 0.346 e. The van der Waals surface area contributed by atoms with E-state index in [1.165, 1.54) is 13.0 Å². The SMILES string of the molecule is C=C[C@H](C)[C@@](O)(C(C)=O)C(=O)OC. The molecule has 0 saturated carbocycles. The molecule has 0 aromatic carbocycles. The molecule has 13 heavy (non-hydrogen) atoms. The molecule has 4 heteroatoms. The van der Waals surface area contributed by atoms with Gasteiger partial charge in [0, 0.05) is 5.92 Å². The van der Waals surface area contributed by atoms with Crippen LogP contribution in [0.2, 0.25) is 0 Å². The van der Waals surface area contributed by atoms with E-state index in [1.807, 2.05) is 0 Å². The molecule has 0 amide bonds. The summed E-state index contributed by atoms with van der Waals surface area (Å²) in [4.78, 5) is 22.2. The zero-order valence-corrected chi connectivity index (χ0v) is 8.03. The minimum absolute atomic E-state index is 0.647. The van der Waals surface area contributed by atoms with Crippen LogP contribution in [0.15, 0.2) is 12.7 Å². The predicted molar refractivity (Wildman–Crippen MR) is 47.0 cm³/mol. The van der Waals surface area contributed by atoms with Crippen LogP contribution in [0.3, 0.4) is 0 Å². The maximum absolute atomic E-state index is 11.1. The first-order valence-corrected chi connectivity index (χ1v) is 3.85. The van der Waals surface area contributed by atoms with Crippen molar-refractivity contribution in [1.29, 1.82) is 0 Å². The van der Waals surface area contributed by atoms with E-state index < -0.39 is 23.3 Å². The monoisotopic (exact) mass is 186 g/mol. The number of ether oxygens (including phenoxy) is 1. The third-order valence-corrected chi connectivity index (χ3v) is 2.05. The summed E-state index contributed by atoms with van der Waals surface area (Å²) in [5.41, 5.74) is -2.10. The van der Waals surface area contributed by atoms with Gasteiger partial charge in [0.2, 0.25) is 5.60 Å². The quantitative estimate of drug-likeness (QED) is 0.389. The molecular formula is C9H14O4. The summed E-state index contributed by atoms with van der Waals surface area (Å²) in [6.45, 7) is 6.06. The number of methoxy groups -OCH3 is 1. The Hall–Kier alpha value is -1.16. The van der Waals surface area contributed by atoms with Crippen molar-refractivity contribution in [2.75, 3.05) is 7.11 Å². The van der Waals surface area contributed by atoms with E-state index in [1.54, 1.807) is 0 Å². The molecule has 0 bridgehead atoms. The number of Topliss-reactive ketones (excluding diaryl/α,β-unsaturated/α-hetero) is 1. The summed E-state index contributed by atoms with van der Waals surface area (Å²) < 4.78 is 4.34. The Bertz CT molecular complexity index is 234. The molecule has 1 N–H and O–H groups in total. The molecule has 0 spiro atoms. The van der Waals surface area contributed by atoms with Gasteiger partial charge in [0.15, 0.2) is 5.78 Å². The third kappa shape index (κ3) is 1.95. The Morgan fingerprint density at radius 1 is 1.62 bits per heavy atom. The van der Waals surface area contributed by atoms with Gasteiger partial charge in [0.1, 0.15) is 0 Å². The highest BCUT2D eigenvalue weighted by Gasteiger charge is 2.46. The second-order valence-electron chi connectivity index (χ2n) is 2.84. The maximum atomic E-state index is 11.1. The molecule has 4 nitrogen and oxygen atoms in total. The summed E-state index contributed by atoms with van der Waals surface area (Å²) in [5.74, 6) is -2.27. The molecular weight excluding hydrogens is 172 g/mol. The number of carbonyl (C=O) groups is 2. The third-order valence-electron chi connectivity index (χ3n) is 2.05. The minimum Gasteiger partial charge on any atom is -0.467 e. The number of ketones is 1. The van der Waals surface area contributed by atoms with Crippen molar-refractivity contribution in [3.8, 4) is 0 Å². The first-order valence-electron chi connectivity index (χ1n) is 3.85. The van der Waals surface area contributed by atoms with Crippen LogP contribution in [0.4, 0.5) is 0 Å². The largest absolute Gasteiger partial charge is 0.467 e.